The van der Waals surface area contributed by atoms with Gasteiger partial charge in [-0.15, -0.1) is 0 Å². The Labute approximate surface area is 105 Å². The van der Waals surface area contributed by atoms with Crippen molar-refractivity contribution in [1.29, 1.82) is 0 Å². The molecule has 1 spiro atoms. The monoisotopic (exact) mass is 242 g/mol. The van der Waals surface area contributed by atoms with E-state index in [1.807, 2.05) is 18.7 Å². The molecule has 100 valence electrons. The molecule has 0 bridgehead atoms. The van der Waals surface area contributed by atoms with E-state index in [0.717, 1.165) is 19.6 Å². The lowest BCUT2D eigenvalue weighted by Gasteiger charge is -2.53. The minimum atomic E-state index is -0.168. The van der Waals surface area contributed by atoms with Gasteiger partial charge in [-0.25, -0.2) is 4.79 Å². The zero-order valence-electron chi connectivity index (χ0n) is 11.7. The summed E-state index contributed by atoms with van der Waals surface area (Å²) in [6.45, 7) is 11.5. The second kappa shape index (κ2) is 6.24. The molecule has 0 aromatic heterocycles. The Balaban J connectivity index is 0.000000686. The average Bonchev–Trinajstić information content (AvgIpc) is 2.37. The first-order valence-electron chi connectivity index (χ1n) is 6.74. The van der Waals surface area contributed by atoms with Gasteiger partial charge in [-0.2, -0.15) is 0 Å². The summed E-state index contributed by atoms with van der Waals surface area (Å²) in [6.07, 6.45) is 2.29. The van der Waals surface area contributed by atoms with E-state index in [-0.39, 0.29) is 6.09 Å². The highest BCUT2D eigenvalue weighted by molar-refractivity contribution is 5.68. The predicted molar refractivity (Wildman–Crippen MR) is 69.1 cm³/mol. The van der Waals surface area contributed by atoms with E-state index in [1.165, 1.54) is 33.0 Å². The molecule has 4 heteroatoms. The maximum absolute atomic E-state index is 11.2. The number of rotatable bonds is 1. The largest absolute Gasteiger partial charge is 0.453 e. The molecule has 0 aromatic rings. The van der Waals surface area contributed by atoms with Gasteiger partial charge in [0.25, 0.3) is 0 Å². The summed E-state index contributed by atoms with van der Waals surface area (Å²) in [6, 6.07) is 0. The molecule has 2 heterocycles. The van der Waals surface area contributed by atoms with E-state index in [4.69, 9.17) is 4.74 Å². The van der Waals surface area contributed by atoms with Gasteiger partial charge in [0.2, 0.25) is 0 Å². The molecule has 2 aliphatic heterocycles. The molecule has 0 radical (unpaired) electrons. The van der Waals surface area contributed by atoms with Crippen LogP contribution >= 0.6 is 0 Å². The van der Waals surface area contributed by atoms with Crippen molar-refractivity contribution >= 4 is 6.09 Å². The summed E-state index contributed by atoms with van der Waals surface area (Å²) in [5, 5.41) is 0. The van der Waals surface area contributed by atoms with Crippen LogP contribution in [-0.4, -0.2) is 55.7 Å². The van der Waals surface area contributed by atoms with Crippen LogP contribution in [-0.2, 0) is 4.74 Å². The van der Waals surface area contributed by atoms with Crippen molar-refractivity contribution in [2.75, 3.05) is 39.8 Å². The Kier molecular flexibility index (Phi) is 5.25. The van der Waals surface area contributed by atoms with Crippen LogP contribution in [0.25, 0.3) is 0 Å². The molecular formula is C13H26N2O2. The highest BCUT2D eigenvalue weighted by Gasteiger charge is 2.46. The van der Waals surface area contributed by atoms with Gasteiger partial charge in [-0.05, 0) is 32.5 Å². The molecule has 2 rings (SSSR count). The van der Waals surface area contributed by atoms with Gasteiger partial charge in [-0.1, -0.05) is 20.8 Å². The summed E-state index contributed by atoms with van der Waals surface area (Å²) in [5.41, 5.74) is 0.417. The van der Waals surface area contributed by atoms with E-state index < -0.39 is 0 Å². The Morgan fingerprint density at radius 3 is 2.18 bits per heavy atom. The minimum absolute atomic E-state index is 0.168. The average molecular weight is 242 g/mol. The van der Waals surface area contributed by atoms with Crippen molar-refractivity contribution in [2.24, 2.45) is 5.41 Å². The SMILES string of the molecule is CC.CCN1CCC2(CC1)CN(C(=O)OC)C2. The number of carbonyl (C=O) groups excluding carboxylic acids is 1. The number of piperidine rings is 1. The third-order valence-corrected chi connectivity index (χ3v) is 3.85. The van der Waals surface area contributed by atoms with Crippen LogP contribution in [0.1, 0.15) is 33.6 Å². The van der Waals surface area contributed by atoms with Crippen LogP contribution in [0, 0.1) is 5.41 Å². The summed E-state index contributed by atoms with van der Waals surface area (Å²) < 4.78 is 4.71. The number of nitrogens with zero attached hydrogens (tertiary/aromatic N) is 2. The van der Waals surface area contributed by atoms with E-state index in [1.54, 1.807) is 0 Å². The van der Waals surface area contributed by atoms with E-state index in [2.05, 4.69) is 11.8 Å². The minimum Gasteiger partial charge on any atom is -0.453 e. The first kappa shape index (κ1) is 14.3. The summed E-state index contributed by atoms with van der Waals surface area (Å²) in [4.78, 5) is 15.5. The molecule has 2 aliphatic rings. The molecule has 1 amide bonds. The third-order valence-electron chi connectivity index (χ3n) is 3.85. The van der Waals surface area contributed by atoms with Crippen molar-refractivity contribution in [3.8, 4) is 0 Å². The summed E-state index contributed by atoms with van der Waals surface area (Å²) in [5.74, 6) is 0. The third kappa shape index (κ3) is 3.12. The highest BCUT2D eigenvalue weighted by atomic mass is 16.5. The molecule has 0 aliphatic carbocycles. The number of carbonyl (C=O) groups is 1. The van der Waals surface area contributed by atoms with Gasteiger partial charge in [0.05, 0.1) is 7.11 Å². The van der Waals surface area contributed by atoms with Crippen LogP contribution in [0.15, 0.2) is 0 Å². The van der Waals surface area contributed by atoms with Crippen LogP contribution in [0.5, 0.6) is 0 Å². The zero-order chi connectivity index (χ0) is 12.9. The Bertz CT molecular complexity index is 240. The molecular weight excluding hydrogens is 216 g/mol. The van der Waals surface area contributed by atoms with Gasteiger partial charge >= 0.3 is 6.09 Å². The lowest BCUT2D eigenvalue weighted by Crippen LogP contribution is -2.61. The second-order valence-corrected chi connectivity index (χ2v) is 4.76. The maximum atomic E-state index is 11.2. The fourth-order valence-corrected chi connectivity index (χ4v) is 2.68. The van der Waals surface area contributed by atoms with Crippen molar-refractivity contribution in [1.82, 2.24) is 9.80 Å². The van der Waals surface area contributed by atoms with Crippen LogP contribution in [0.3, 0.4) is 0 Å². The first-order chi connectivity index (χ1) is 8.19. The smallest absolute Gasteiger partial charge is 0.409 e. The Morgan fingerprint density at radius 1 is 1.24 bits per heavy atom. The van der Waals surface area contributed by atoms with Crippen molar-refractivity contribution in [3.63, 3.8) is 0 Å². The van der Waals surface area contributed by atoms with Gasteiger partial charge in [0.15, 0.2) is 0 Å². The maximum Gasteiger partial charge on any atom is 0.409 e. The van der Waals surface area contributed by atoms with Gasteiger partial charge in [-0.3, -0.25) is 0 Å². The van der Waals surface area contributed by atoms with E-state index >= 15 is 0 Å². The quantitative estimate of drug-likeness (QED) is 0.706. The van der Waals surface area contributed by atoms with Gasteiger partial charge in [0.1, 0.15) is 0 Å². The predicted octanol–water partition coefficient (Wildman–Crippen LogP) is 2.20. The molecule has 4 nitrogen and oxygen atoms in total. The summed E-state index contributed by atoms with van der Waals surface area (Å²) in [7, 11) is 1.45. The number of amides is 1. The molecule has 0 aromatic carbocycles. The van der Waals surface area contributed by atoms with Crippen LogP contribution in [0.2, 0.25) is 0 Å². The van der Waals surface area contributed by atoms with Crippen LogP contribution in [0.4, 0.5) is 4.79 Å². The second-order valence-electron chi connectivity index (χ2n) is 4.76. The van der Waals surface area contributed by atoms with Crippen molar-refractivity contribution in [3.05, 3.63) is 0 Å². The number of ether oxygens (including phenoxy) is 1. The van der Waals surface area contributed by atoms with Crippen molar-refractivity contribution < 1.29 is 9.53 Å². The standard InChI is InChI=1S/C11H20N2O2.C2H6/c1-3-12-6-4-11(5-7-12)8-13(9-11)10(14)15-2;1-2/h3-9H2,1-2H3;1-2H3. The molecule has 0 N–H and O–H groups in total. The Hall–Kier alpha value is -0.770. The van der Waals surface area contributed by atoms with Crippen molar-refractivity contribution in [2.45, 2.75) is 33.6 Å². The first-order valence-corrected chi connectivity index (χ1v) is 6.74. The normalized spacial score (nSPS) is 22.5. The molecule has 17 heavy (non-hydrogen) atoms. The lowest BCUT2D eigenvalue weighted by atomic mass is 9.72. The van der Waals surface area contributed by atoms with E-state index in [9.17, 15) is 4.79 Å². The number of likely N-dealkylation sites (tertiary alicyclic amines) is 2. The lowest BCUT2D eigenvalue weighted by molar-refractivity contribution is -0.0367. The Morgan fingerprint density at radius 2 is 1.76 bits per heavy atom. The molecule has 0 unspecified atom stereocenters. The van der Waals surface area contributed by atoms with E-state index in [0.29, 0.717) is 5.41 Å². The number of hydrogen-bond donors (Lipinski definition) is 0. The van der Waals surface area contributed by atoms with Gasteiger partial charge < -0.3 is 14.5 Å². The highest BCUT2D eigenvalue weighted by Crippen LogP contribution is 2.40. The molecule has 0 saturated carbocycles. The number of methoxy groups -OCH3 is 1. The summed E-state index contributed by atoms with van der Waals surface area (Å²) >= 11 is 0. The van der Waals surface area contributed by atoms with Gasteiger partial charge in [0, 0.05) is 18.5 Å². The molecule has 2 fully saturated rings. The fraction of sp³-hybridized carbons (Fsp3) is 0.923. The molecule has 2 saturated heterocycles. The number of hydrogen-bond acceptors (Lipinski definition) is 3. The molecule has 0 atom stereocenters. The zero-order valence-corrected chi connectivity index (χ0v) is 11.7. The van der Waals surface area contributed by atoms with Crippen LogP contribution < -0.4 is 0 Å². The fourth-order valence-electron chi connectivity index (χ4n) is 2.68. The topological polar surface area (TPSA) is 32.8 Å².